The van der Waals surface area contributed by atoms with Crippen molar-refractivity contribution in [3.8, 4) is 0 Å². The van der Waals surface area contributed by atoms with Gasteiger partial charge >= 0.3 is 6.16 Å². The predicted molar refractivity (Wildman–Crippen MR) is 48.2 cm³/mol. The Balaban J connectivity index is 2.31. The van der Waals surface area contributed by atoms with Gasteiger partial charge < -0.3 is 9.57 Å². The third-order valence-electron chi connectivity index (χ3n) is 1.29. The molecule has 0 aliphatic carbocycles. The number of anilines is 1. The highest BCUT2D eigenvalue weighted by atomic mass is 16.8. The van der Waals surface area contributed by atoms with E-state index in [1.165, 1.54) is 0 Å². The van der Waals surface area contributed by atoms with Gasteiger partial charge in [-0.05, 0) is 19.1 Å². The van der Waals surface area contributed by atoms with Crippen LogP contribution in [0.4, 0.5) is 10.5 Å². The molecule has 0 atom stereocenters. The van der Waals surface area contributed by atoms with Crippen LogP contribution in [0.2, 0.25) is 0 Å². The Hall–Kier alpha value is -1.71. The Morgan fingerprint density at radius 1 is 1.38 bits per heavy atom. The molecule has 0 aliphatic rings. The lowest BCUT2D eigenvalue weighted by molar-refractivity contribution is 0.0762. The minimum atomic E-state index is -0.730. The molecule has 1 aromatic rings. The number of hydrogen-bond donors (Lipinski definition) is 1. The van der Waals surface area contributed by atoms with Crippen molar-refractivity contribution in [2.75, 3.05) is 12.1 Å². The van der Waals surface area contributed by atoms with E-state index in [1.807, 2.05) is 18.2 Å². The van der Waals surface area contributed by atoms with Crippen molar-refractivity contribution < 1.29 is 14.4 Å². The molecule has 0 heterocycles. The number of carbonyl (C=O) groups excluding carboxylic acids is 1. The van der Waals surface area contributed by atoms with Crippen LogP contribution in [0.5, 0.6) is 0 Å². The molecule has 1 N–H and O–H groups in total. The third-order valence-corrected chi connectivity index (χ3v) is 1.29. The lowest BCUT2D eigenvalue weighted by Gasteiger charge is -2.05. The highest BCUT2D eigenvalue weighted by Gasteiger charge is 2.00. The molecule has 1 rings (SSSR count). The van der Waals surface area contributed by atoms with E-state index in [9.17, 15) is 4.79 Å². The lowest BCUT2D eigenvalue weighted by Crippen LogP contribution is -2.11. The molecule has 0 saturated heterocycles. The van der Waals surface area contributed by atoms with E-state index >= 15 is 0 Å². The Kier molecular flexibility index (Phi) is 3.63. The van der Waals surface area contributed by atoms with E-state index < -0.39 is 6.16 Å². The molecule has 0 spiro atoms. The van der Waals surface area contributed by atoms with E-state index in [1.54, 1.807) is 19.1 Å². The smallest absolute Gasteiger partial charge is 0.433 e. The Morgan fingerprint density at radius 2 is 2.08 bits per heavy atom. The second-order valence-electron chi connectivity index (χ2n) is 2.25. The zero-order valence-corrected chi connectivity index (χ0v) is 7.32. The zero-order valence-electron chi connectivity index (χ0n) is 7.32. The second kappa shape index (κ2) is 5.03. The molecule has 0 unspecified atom stereocenters. The fraction of sp³-hybridized carbons (Fsp3) is 0.222. The SMILES string of the molecule is CCOC(=O)ONc1ccccc1. The highest BCUT2D eigenvalue weighted by Crippen LogP contribution is 2.04. The zero-order chi connectivity index (χ0) is 9.52. The molecule has 1 aromatic carbocycles. The average Bonchev–Trinajstić information content (AvgIpc) is 2.17. The summed E-state index contributed by atoms with van der Waals surface area (Å²) in [7, 11) is 0. The summed E-state index contributed by atoms with van der Waals surface area (Å²) in [6.45, 7) is 2.01. The Bertz CT molecular complexity index is 261. The molecule has 0 aliphatic heterocycles. The molecule has 0 bridgehead atoms. The molecule has 4 nitrogen and oxygen atoms in total. The van der Waals surface area contributed by atoms with Gasteiger partial charge in [0.05, 0.1) is 12.3 Å². The van der Waals surface area contributed by atoms with Gasteiger partial charge in [-0.1, -0.05) is 18.2 Å². The van der Waals surface area contributed by atoms with Crippen LogP contribution in [0.3, 0.4) is 0 Å². The first-order valence-corrected chi connectivity index (χ1v) is 3.97. The predicted octanol–water partition coefficient (Wildman–Crippen LogP) is 2.19. The van der Waals surface area contributed by atoms with Gasteiger partial charge in [0, 0.05) is 0 Å². The van der Waals surface area contributed by atoms with Gasteiger partial charge in [0.15, 0.2) is 0 Å². The van der Waals surface area contributed by atoms with Crippen LogP contribution in [0.1, 0.15) is 6.92 Å². The van der Waals surface area contributed by atoms with Gasteiger partial charge in [-0.15, -0.1) is 0 Å². The fourth-order valence-electron chi connectivity index (χ4n) is 0.754. The molecule has 0 amide bonds. The van der Waals surface area contributed by atoms with Gasteiger partial charge in [0.2, 0.25) is 0 Å². The average molecular weight is 181 g/mol. The number of carbonyl (C=O) groups is 1. The first-order chi connectivity index (χ1) is 6.33. The van der Waals surface area contributed by atoms with Gasteiger partial charge in [0.1, 0.15) is 0 Å². The lowest BCUT2D eigenvalue weighted by atomic mass is 10.3. The molecule has 0 aromatic heterocycles. The maximum Gasteiger partial charge on any atom is 0.533 e. The summed E-state index contributed by atoms with van der Waals surface area (Å²) in [5, 5.41) is 0. The van der Waals surface area contributed by atoms with E-state index in [-0.39, 0.29) is 0 Å². The standard InChI is InChI=1S/C9H11NO3/c1-2-12-9(11)13-10-8-6-4-3-5-7-8/h3-7,10H,2H2,1H3. The summed E-state index contributed by atoms with van der Waals surface area (Å²) >= 11 is 0. The number of para-hydroxylation sites is 1. The number of ether oxygens (including phenoxy) is 1. The summed E-state index contributed by atoms with van der Waals surface area (Å²) < 4.78 is 4.54. The Labute approximate surface area is 76.4 Å². The molecule has 0 saturated carbocycles. The number of benzene rings is 1. The van der Waals surface area contributed by atoms with Crippen LogP contribution in [0.15, 0.2) is 30.3 Å². The highest BCUT2D eigenvalue weighted by molar-refractivity contribution is 5.61. The van der Waals surface area contributed by atoms with Gasteiger partial charge in [-0.2, -0.15) is 0 Å². The fourth-order valence-corrected chi connectivity index (χ4v) is 0.754. The summed E-state index contributed by atoms with van der Waals surface area (Å²) in [6, 6.07) is 9.09. The first kappa shape index (κ1) is 9.38. The monoisotopic (exact) mass is 181 g/mol. The van der Waals surface area contributed by atoms with Crippen LogP contribution in [-0.4, -0.2) is 12.8 Å². The largest absolute Gasteiger partial charge is 0.533 e. The molecule has 0 fully saturated rings. The minimum absolute atomic E-state index is 0.301. The molecular weight excluding hydrogens is 170 g/mol. The van der Waals surface area contributed by atoms with Gasteiger partial charge in [-0.3, -0.25) is 0 Å². The summed E-state index contributed by atoms with van der Waals surface area (Å²) in [4.78, 5) is 15.3. The van der Waals surface area contributed by atoms with Crippen molar-refractivity contribution in [3.05, 3.63) is 30.3 Å². The molecular formula is C9H11NO3. The minimum Gasteiger partial charge on any atom is -0.433 e. The van der Waals surface area contributed by atoms with Crippen molar-refractivity contribution in [2.45, 2.75) is 6.92 Å². The number of hydrogen-bond acceptors (Lipinski definition) is 4. The molecule has 70 valence electrons. The van der Waals surface area contributed by atoms with E-state index in [2.05, 4.69) is 15.1 Å². The third kappa shape index (κ3) is 3.46. The van der Waals surface area contributed by atoms with Crippen LogP contribution in [-0.2, 0) is 9.57 Å². The van der Waals surface area contributed by atoms with Crippen molar-refractivity contribution in [2.24, 2.45) is 0 Å². The quantitative estimate of drug-likeness (QED) is 0.573. The van der Waals surface area contributed by atoms with Crippen LogP contribution >= 0.6 is 0 Å². The Morgan fingerprint density at radius 3 is 2.69 bits per heavy atom. The van der Waals surface area contributed by atoms with Crippen LogP contribution in [0.25, 0.3) is 0 Å². The number of rotatable bonds is 3. The molecule has 13 heavy (non-hydrogen) atoms. The van der Waals surface area contributed by atoms with Crippen molar-refractivity contribution in [1.82, 2.24) is 0 Å². The van der Waals surface area contributed by atoms with Crippen molar-refractivity contribution in [3.63, 3.8) is 0 Å². The summed E-state index contributed by atoms with van der Waals surface area (Å²) in [6.07, 6.45) is -0.730. The second-order valence-corrected chi connectivity index (χ2v) is 2.25. The van der Waals surface area contributed by atoms with Gasteiger partial charge in [-0.25, -0.2) is 10.3 Å². The maximum absolute atomic E-state index is 10.7. The first-order valence-electron chi connectivity index (χ1n) is 3.97. The topological polar surface area (TPSA) is 47.6 Å². The van der Waals surface area contributed by atoms with Crippen molar-refractivity contribution >= 4 is 11.8 Å². The molecule has 0 radical (unpaired) electrons. The molecule has 4 heteroatoms. The van der Waals surface area contributed by atoms with Crippen LogP contribution < -0.4 is 5.48 Å². The normalized spacial score (nSPS) is 9.00. The van der Waals surface area contributed by atoms with E-state index in [0.29, 0.717) is 12.3 Å². The van der Waals surface area contributed by atoms with E-state index in [0.717, 1.165) is 0 Å². The summed E-state index contributed by atoms with van der Waals surface area (Å²) in [5.74, 6) is 0. The van der Waals surface area contributed by atoms with Crippen molar-refractivity contribution in [1.29, 1.82) is 0 Å². The van der Waals surface area contributed by atoms with E-state index in [4.69, 9.17) is 0 Å². The number of nitrogens with one attached hydrogen (secondary N) is 1. The summed E-state index contributed by atoms with van der Waals surface area (Å²) in [5.41, 5.74) is 3.16. The van der Waals surface area contributed by atoms with Gasteiger partial charge in [0.25, 0.3) is 0 Å². The van der Waals surface area contributed by atoms with Crippen LogP contribution in [0, 0.1) is 0 Å². The maximum atomic E-state index is 10.7.